The number of carbonyl (C=O) groups excluding carboxylic acids is 1. The Hall–Kier alpha value is -2.88. The molecule has 0 fully saturated rings. The zero-order valence-corrected chi connectivity index (χ0v) is 11.5. The van der Waals surface area contributed by atoms with Gasteiger partial charge in [0.15, 0.2) is 0 Å². The molecular formula is C17H13N3O. The fourth-order valence-corrected chi connectivity index (χ4v) is 2.76. The highest BCUT2D eigenvalue weighted by Crippen LogP contribution is 2.22. The number of rotatable bonds is 1. The van der Waals surface area contributed by atoms with E-state index in [0.29, 0.717) is 5.56 Å². The van der Waals surface area contributed by atoms with Crippen molar-refractivity contribution in [2.24, 2.45) is 7.05 Å². The van der Waals surface area contributed by atoms with E-state index < -0.39 is 0 Å². The Morgan fingerprint density at radius 3 is 2.57 bits per heavy atom. The van der Waals surface area contributed by atoms with Crippen molar-refractivity contribution in [2.45, 2.75) is 0 Å². The third-order valence-corrected chi connectivity index (χ3v) is 3.80. The molecule has 0 saturated heterocycles. The number of aryl methyl sites for hydroxylation is 1. The van der Waals surface area contributed by atoms with Crippen LogP contribution in [0.2, 0.25) is 0 Å². The Morgan fingerprint density at radius 1 is 1.00 bits per heavy atom. The molecule has 4 heteroatoms. The van der Waals surface area contributed by atoms with Crippen LogP contribution in [0.15, 0.2) is 61.1 Å². The molecule has 0 N–H and O–H groups in total. The number of hydrogen-bond acceptors (Lipinski definition) is 2. The monoisotopic (exact) mass is 275 g/mol. The van der Waals surface area contributed by atoms with Crippen molar-refractivity contribution in [2.75, 3.05) is 0 Å². The van der Waals surface area contributed by atoms with Gasteiger partial charge in [-0.15, -0.1) is 0 Å². The van der Waals surface area contributed by atoms with Gasteiger partial charge in [0, 0.05) is 24.1 Å². The van der Waals surface area contributed by atoms with E-state index in [1.165, 1.54) is 0 Å². The predicted octanol–water partition coefficient (Wildman–Crippen LogP) is 3.22. The van der Waals surface area contributed by atoms with E-state index in [0.717, 1.165) is 21.9 Å². The van der Waals surface area contributed by atoms with Crippen molar-refractivity contribution in [3.8, 4) is 0 Å². The van der Waals surface area contributed by atoms with Crippen LogP contribution in [0, 0.1) is 0 Å². The minimum absolute atomic E-state index is 0.0551. The van der Waals surface area contributed by atoms with Gasteiger partial charge in [0.05, 0.1) is 16.6 Å². The van der Waals surface area contributed by atoms with Crippen LogP contribution in [0.3, 0.4) is 0 Å². The summed E-state index contributed by atoms with van der Waals surface area (Å²) in [5, 5.41) is 0.961. The van der Waals surface area contributed by atoms with E-state index in [2.05, 4.69) is 4.98 Å². The van der Waals surface area contributed by atoms with Crippen molar-refractivity contribution < 1.29 is 4.79 Å². The average molecular weight is 275 g/mol. The molecule has 2 aromatic heterocycles. The minimum atomic E-state index is -0.0551. The molecule has 0 spiro atoms. The zero-order valence-electron chi connectivity index (χ0n) is 11.5. The van der Waals surface area contributed by atoms with E-state index in [1.807, 2.05) is 66.3 Å². The number of fused-ring (bicyclic) bond motifs is 2. The van der Waals surface area contributed by atoms with E-state index in [4.69, 9.17) is 0 Å². The van der Waals surface area contributed by atoms with Gasteiger partial charge in [0.1, 0.15) is 6.33 Å². The van der Waals surface area contributed by atoms with Crippen LogP contribution in [-0.4, -0.2) is 20.0 Å². The second kappa shape index (κ2) is 4.31. The molecule has 0 amide bonds. The maximum absolute atomic E-state index is 12.9. The van der Waals surface area contributed by atoms with Crippen molar-refractivity contribution in [3.05, 3.63) is 66.6 Å². The molecule has 0 saturated carbocycles. The van der Waals surface area contributed by atoms with Gasteiger partial charge in [0.2, 0.25) is 0 Å². The zero-order chi connectivity index (χ0) is 14.4. The minimum Gasteiger partial charge on any atom is -0.350 e. The molecule has 4 aromatic rings. The Bertz CT molecular complexity index is 978. The predicted molar refractivity (Wildman–Crippen MR) is 82.4 cm³/mol. The maximum Gasteiger partial charge on any atom is 0.265 e. The third-order valence-electron chi connectivity index (χ3n) is 3.80. The van der Waals surface area contributed by atoms with E-state index in [9.17, 15) is 4.79 Å². The molecule has 4 nitrogen and oxygen atoms in total. The second-order valence-electron chi connectivity index (χ2n) is 5.08. The lowest BCUT2D eigenvalue weighted by Gasteiger charge is -2.01. The molecule has 102 valence electrons. The molecule has 0 aliphatic carbocycles. The smallest absolute Gasteiger partial charge is 0.265 e. The van der Waals surface area contributed by atoms with Crippen molar-refractivity contribution in [1.82, 2.24) is 14.1 Å². The van der Waals surface area contributed by atoms with Crippen LogP contribution in [0.5, 0.6) is 0 Å². The van der Waals surface area contributed by atoms with Gasteiger partial charge < -0.3 is 4.57 Å². The fourth-order valence-electron chi connectivity index (χ4n) is 2.76. The summed E-state index contributed by atoms with van der Waals surface area (Å²) in [7, 11) is 1.95. The largest absolute Gasteiger partial charge is 0.350 e. The fraction of sp³-hybridized carbons (Fsp3) is 0.0588. The number of carbonyl (C=O) groups is 1. The second-order valence-corrected chi connectivity index (χ2v) is 5.08. The first-order chi connectivity index (χ1) is 10.3. The lowest BCUT2D eigenvalue weighted by atomic mass is 10.1. The van der Waals surface area contributed by atoms with Gasteiger partial charge in [0.25, 0.3) is 5.91 Å². The molecule has 0 atom stereocenters. The normalized spacial score (nSPS) is 11.3. The quantitative estimate of drug-likeness (QED) is 0.535. The van der Waals surface area contributed by atoms with Gasteiger partial charge >= 0.3 is 0 Å². The maximum atomic E-state index is 12.9. The summed E-state index contributed by atoms with van der Waals surface area (Å²) in [6, 6.07) is 15.6. The van der Waals surface area contributed by atoms with E-state index in [-0.39, 0.29) is 5.91 Å². The molecule has 0 aliphatic heterocycles. The first kappa shape index (κ1) is 11.9. The molecule has 4 rings (SSSR count). The number of imidazole rings is 1. The van der Waals surface area contributed by atoms with Crippen LogP contribution in [0.25, 0.3) is 21.9 Å². The summed E-state index contributed by atoms with van der Waals surface area (Å²) in [6.07, 6.45) is 3.47. The molecule has 0 unspecified atom stereocenters. The van der Waals surface area contributed by atoms with Gasteiger partial charge in [-0.05, 0) is 18.2 Å². The Morgan fingerprint density at radius 2 is 1.71 bits per heavy atom. The number of nitrogens with zero attached hydrogens (tertiary/aromatic N) is 3. The van der Waals surface area contributed by atoms with Crippen molar-refractivity contribution in [1.29, 1.82) is 0 Å². The highest BCUT2D eigenvalue weighted by atomic mass is 16.2. The average Bonchev–Trinajstić information content (AvgIpc) is 3.09. The van der Waals surface area contributed by atoms with E-state index in [1.54, 1.807) is 10.9 Å². The lowest BCUT2D eigenvalue weighted by molar-refractivity contribution is 0.0966. The molecule has 2 heterocycles. The SMILES string of the molecule is Cn1cc(C(=O)n2cnc3ccccc32)c2ccccc21. The molecule has 2 aromatic carbocycles. The highest BCUT2D eigenvalue weighted by Gasteiger charge is 2.17. The number of para-hydroxylation sites is 3. The third kappa shape index (κ3) is 1.69. The van der Waals surface area contributed by atoms with Gasteiger partial charge in [-0.1, -0.05) is 30.3 Å². The molecular weight excluding hydrogens is 262 g/mol. The highest BCUT2D eigenvalue weighted by molar-refractivity contribution is 6.10. The summed E-state index contributed by atoms with van der Waals surface area (Å²) >= 11 is 0. The molecule has 0 radical (unpaired) electrons. The topological polar surface area (TPSA) is 39.8 Å². The number of hydrogen-bond donors (Lipinski definition) is 0. The standard InChI is InChI=1S/C17H13N3O/c1-19-10-13(12-6-2-4-8-15(12)19)17(21)20-11-18-14-7-3-5-9-16(14)20/h2-11H,1H3. The van der Waals surface area contributed by atoms with Gasteiger partial charge in [-0.25, -0.2) is 4.98 Å². The van der Waals surface area contributed by atoms with Crippen LogP contribution in [0.1, 0.15) is 10.4 Å². The molecule has 0 aliphatic rings. The van der Waals surface area contributed by atoms with Crippen molar-refractivity contribution >= 4 is 27.8 Å². The summed E-state index contributed by atoms with van der Waals surface area (Å²) < 4.78 is 3.58. The lowest BCUT2D eigenvalue weighted by Crippen LogP contribution is -2.10. The van der Waals surface area contributed by atoms with E-state index >= 15 is 0 Å². The Kier molecular flexibility index (Phi) is 2.44. The summed E-state index contributed by atoms with van der Waals surface area (Å²) in [5.74, 6) is -0.0551. The summed E-state index contributed by atoms with van der Waals surface area (Å²) in [6.45, 7) is 0. The Balaban J connectivity index is 1.95. The van der Waals surface area contributed by atoms with Crippen LogP contribution in [0.4, 0.5) is 0 Å². The number of benzene rings is 2. The van der Waals surface area contributed by atoms with Crippen LogP contribution < -0.4 is 0 Å². The van der Waals surface area contributed by atoms with Crippen LogP contribution in [-0.2, 0) is 7.05 Å². The van der Waals surface area contributed by atoms with Crippen LogP contribution >= 0.6 is 0 Å². The molecule has 21 heavy (non-hydrogen) atoms. The summed E-state index contributed by atoms with van der Waals surface area (Å²) in [5.41, 5.74) is 3.39. The van der Waals surface area contributed by atoms with Gasteiger partial charge in [-0.3, -0.25) is 9.36 Å². The van der Waals surface area contributed by atoms with Gasteiger partial charge in [-0.2, -0.15) is 0 Å². The number of aromatic nitrogens is 3. The summed E-state index contributed by atoms with van der Waals surface area (Å²) in [4.78, 5) is 17.1. The first-order valence-corrected chi connectivity index (χ1v) is 6.76. The first-order valence-electron chi connectivity index (χ1n) is 6.76. The Labute approximate surface area is 121 Å². The van der Waals surface area contributed by atoms with Crippen molar-refractivity contribution in [3.63, 3.8) is 0 Å². The molecule has 0 bridgehead atoms.